The van der Waals surface area contributed by atoms with E-state index in [4.69, 9.17) is 4.74 Å². The van der Waals surface area contributed by atoms with Gasteiger partial charge >= 0.3 is 5.97 Å². The molecular weight excluding hydrogens is 262 g/mol. The van der Waals surface area contributed by atoms with Crippen LogP contribution in [0.2, 0.25) is 0 Å². The first kappa shape index (κ1) is 17.7. The number of esters is 1. The number of carbonyl (C=O) groups is 1. The fourth-order valence-electron chi connectivity index (χ4n) is 2.90. The van der Waals surface area contributed by atoms with Gasteiger partial charge in [-0.1, -0.05) is 51.7 Å². The minimum Gasteiger partial charge on any atom is -0.462 e. The molecule has 0 aromatic carbocycles. The second kappa shape index (κ2) is 9.56. The van der Waals surface area contributed by atoms with Crippen molar-refractivity contribution in [2.75, 3.05) is 6.54 Å². The summed E-state index contributed by atoms with van der Waals surface area (Å²) in [4.78, 5) is 12.2. The molecule has 0 aromatic rings. The van der Waals surface area contributed by atoms with Gasteiger partial charge in [0.15, 0.2) is 0 Å². The van der Waals surface area contributed by atoms with Crippen molar-refractivity contribution in [3.05, 3.63) is 37.0 Å². The van der Waals surface area contributed by atoms with E-state index in [1.165, 1.54) is 6.42 Å². The minimum atomic E-state index is -0.128. The van der Waals surface area contributed by atoms with Gasteiger partial charge in [0.1, 0.15) is 6.10 Å². The Morgan fingerprint density at radius 1 is 1.43 bits per heavy atom. The molecule has 21 heavy (non-hydrogen) atoms. The molecule has 1 aliphatic carbocycles. The van der Waals surface area contributed by atoms with Gasteiger partial charge in [-0.15, -0.1) is 0 Å². The van der Waals surface area contributed by atoms with Gasteiger partial charge in [0.25, 0.3) is 0 Å². The lowest BCUT2D eigenvalue weighted by atomic mass is 9.88. The molecule has 3 atom stereocenters. The Kier molecular flexibility index (Phi) is 8.06. The van der Waals surface area contributed by atoms with Crippen molar-refractivity contribution in [2.45, 2.75) is 58.1 Å². The Morgan fingerprint density at radius 3 is 2.76 bits per heavy atom. The molecule has 0 heterocycles. The highest BCUT2D eigenvalue weighted by Crippen LogP contribution is 2.26. The van der Waals surface area contributed by atoms with Crippen molar-refractivity contribution in [1.29, 1.82) is 0 Å². The van der Waals surface area contributed by atoms with E-state index in [0.717, 1.165) is 31.4 Å². The Morgan fingerprint density at radius 2 is 2.19 bits per heavy atom. The van der Waals surface area contributed by atoms with E-state index in [2.05, 4.69) is 25.4 Å². The summed E-state index contributed by atoms with van der Waals surface area (Å²) in [5.74, 6) is 0.530. The predicted molar refractivity (Wildman–Crippen MR) is 88.1 cm³/mol. The topological polar surface area (TPSA) is 38.3 Å². The van der Waals surface area contributed by atoms with Crippen LogP contribution in [-0.4, -0.2) is 24.7 Å². The maximum atomic E-state index is 12.2. The van der Waals surface area contributed by atoms with Crippen LogP contribution in [0.4, 0.5) is 0 Å². The van der Waals surface area contributed by atoms with E-state index in [9.17, 15) is 4.79 Å². The van der Waals surface area contributed by atoms with Crippen LogP contribution in [0.3, 0.4) is 0 Å². The Labute approximate surface area is 129 Å². The third-order valence-electron chi connectivity index (χ3n) is 3.96. The molecule has 1 fully saturated rings. The summed E-state index contributed by atoms with van der Waals surface area (Å²) in [6.45, 7) is 12.6. The number of hydrogen-bond acceptors (Lipinski definition) is 3. The van der Waals surface area contributed by atoms with Crippen molar-refractivity contribution in [3.8, 4) is 0 Å². The van der Waals surface area contributed by atoms with Crippen molar-refractivity contribution in [2.24, 2.45) is 5.92 Å². The highest BCUT2D eigenvalue weighted by Gasteiger charge is 2.24. The summed E-state index contributed by atoms with van der Waals surface area (Å²) >= 11 is 0. The molecule has 118 valence electrons. The fourth-order valence-corrected chi connectivity index (χ4v) is 2.90. The predicted octanol–water partition coefficient (Wildman–Crippen LogP) is 3.77. The smallest absolute Gasteiger partial charge is 0.307 e. The molecule has 0 saturated heterocycles. The standard InChI is InChI=1S/C18H29NO2/c1-5-9-15(6-2)17(19-7-3)13-18(20)21-16-11-8-10-14(4)12-16/h5-6,9,14,16-17,19H,1-2,7-8,10-13H2,3-4H3/b15-9+. The Hall–Kier alpha value is -1.35. The third-order valence-corrected chi connectivity index (χ3v) is 3.96. The van der Waals surface area contributed by atoms with E-state index in [-0.39, 0.29) is 18.1 Å². The van der Waals surface area contributed by atoms with Gasteiger partial charge in [0.05, 0.1) is 6.42 Å². The van der Waals surface area contributed by atoms with Crippen LogP contribution in [0.15, 0.2) is 37.0 Å². The molecule has 3 heteroatoms. The molecule has 0 aliphatic heterocycles. The number of rotatable bonds is 8. The minimum absolute atomic E-state index is 0.0565. The van der Waals surface area contributed by atoms with Gasteiger partial charge in [-0.3, -0.25) is 4.79 Å². The molecule has 0 bridgehead atoms. The molecule has 1 aliphatic rings. The summed E-state index contributed by atoms with van der Waals surface area (Å²) in [5.41, 5.74) is 0.973. The summed E-state index contributed by atoms with van der Waals surface area (Å²) in [6.07, 6.45) is 10.2. The largest absolute Gasteiger partial charge is 0.462 e. The number of hydrogen-bond donors (Lipinski definition) is 1. The molecule has 1 rings (SSSR count). The van der Waals surface area contributed by atoms with Crippen LogP contribution < -0.4 is 5.32 Å². The summed E-state index contributed by atoms with van der Waals surface area (Å²) in [6, 6.07) is -0.0565. The van der Waals surface area contributed by atoms with Crippen molar-refractivity contribution >= 4 is 5.97 Å². The van der Waals surface area contributed by atoms with Gasteiger partial charge in [0.2, 0.25) is 0 Å². The molecule has 0 spiro atoms. The van der Waals surface area contributed by atoms with E-state index in [1.807, 2.05) is 13.0 Å². The van der Waals surface area contributed by atoms with Crippen LogP contribution in [0, 0.1) is 5.92 Å². The average molecular weight is 291 g/mol. The number of nitrogens with one attached hydrogen (secondary N) is 1. The first-order valence-electron chi connectivity index (χ1n) is 7.98. The molecule has 1 saturated carbocycles. The van der Waals surface area contributed by atoms with Crippen molar-refractivity contribution < 1.29 is 9.53 Å². The number of ether oxygens (including phenoxy) is 1. The second-order valence-electron chi connectivity index (χ2n) is 5.80. The van der Waals surface area contributed by atoms with E-state index in [1.54, 1.807) is 12.2 Å². The first-order chi connectivity index (χ1) is 10.1. The zero-order valence-electron chi connectivity index (χ0n) is 13.4. The van der Waals surface area contributed by atoms with Crippen molar-refractivity contribution in [3.63, 3.8) is 0 Å². The Balaban J connectivity index is 2.57. The zero-order chi connectivity index (χ0) is 15.7. The molecule has 0 amide bonds. The van der Waals surface area contributed by atoms with Gasteiger partial charge < -0.3 is 10.1 Å². The fraction of sp³-hybridized carbons (Fsp3) is 0.611. The van der Waals surface area contributed by atoms with Crippen LogP contribution in [0.1, 0.15) is 46.0 Å². The van der Waals surface area contributed by atoms with Crippen LogP contribution >= 0.6 is 0 Å². The maximum absolute atomic E-state index is 12.2. The van der Waals surface area contributed by atoms with E-state index in [0.29, 0.717) is 12.3 Å². The summed E-state index contributed by atoms with van der Waals surface area (Å²) in [7, 11) is 0. The number of allylic oxidation sites excluding steroid dienone is 2. The van der Waals surface area contributed by atoms with E-state index >= 15 is 0 Å². The quantitative estimate of drug-likeness (QED) is 0.546. The lowest BCUT2D eigenvalue weighted by Crippen LogP contribution is -2.34. The normalized spacial score (nSPS) is 24.2. The third kappa shape index (κ3) is 6.30. The molecule has 3 nitrogen and oxygen atoms in total. The Bertz CT molecular complexity index is 387. The highest BCUT2D eigenvalue weighted by atomic mass is 16.5. The van der Waals surface area contributed by atoms with Crippen LogP contribution in [0.5, 0.6) is 0 Å². The maximum Gasteiger partial charge on any atom is 0.307 e. The lowest BCUT2D eigenvalue weighted by molar-refractivity contribution is -0.151. The highest BCUT2D eigenvalue weighted by molar-refractivity contribution is 5.71. The molecule has 0 aromatic heterocycles. The molecule has 3 unspecified atom stereocenters. The van der Waals surface area contributed by atoms with E-state index < -0.39 is 0 Å². The van der Waals surface area contributed by atoms with Crippen molar-refractivity contribution in [1.82, 2.24) is 5.32 Å². The number of carbonyl (C=O) groups excluding carboxylic acids is 1. The van der Waals surface area contributed by atoms with Gasteiger partial charge in [-0.2, -0.15) is 0 Å². The van der Waals surface area contributed by atoms with Crippen LogP contribution in [0.25, 0.3) is 0 Å². The molecular formula is C18H29NO2. The van der Waals surface area contributed by atoms with Gasteiger partial charge in [0, 0.05) is 6.04 Å². The SMILES string of the molecule is C=C/C=C(\C=C)C(CC(=O)OC1CCCC(C)C1)NCC. The second-order valence-corrected chi connectivity index (χ2v) is 5.80. The zero-order valence-corrected chi connectivity index (χ0v) is 13.4. The summed E-state index contributed by atoms with van der Waals surface area (Å²) < 4.78 is 5.65. The summed E-state index contributed by atoms with van der Waals surface area (Å²) in [5, 5.41) is 3.31. The van der Waals surface area contributed by atoms with Gasteiger partial charge in [-0.05, 0) is 37.3 Å². The molecule has 0 radical (unpaired) electrons. The monoisotopic (exact) mass is 291 g/mol. The lowest BCUT2D eigenvalue weighted by Gasteiger charge is -2.27. The van der Waals surface area contributed by atoms with Gasteiger partial charge in [-0.25, -0.2) is 0 Å². The molecule has 1 N–H and O–H groups in total. The first-order valence-corrected chi connectivity index (χ1v) is 7.98. The average Bonchev–Trinajstić information content (AvgIpc) is 2.44. The number of likely N-dealkylation sites (N-methyl/N-ethyl adjacent to an activating group) is 1. The van der Waals surface area contributed by atoms with Crippen LogP contribution in [-0.2, 0) is 9.53 Å².